The predicted octanol–water partition coefficient (Wildman–Crippen LogP) is 1.89. The van der Waals surface area contributed by atoms with Crippen LogP contribution in [-0.4, -0.2) is 32.1 Å². The van der Waals surface area contributed by atoms with Gasteiger partial charge in [-0.2, -0.15) is 0 Å². The van der Waals surface area contributed by atoms with Gasteiger partial charge in [-0.05, 0) is 56.1 Å². The lowest BCUT2D eigenvalue weighted by Gasteiger charge is -2.11. The lowest BCUT2D eigenvalue weighted by Crippen LogP contribution is -2.14. The topological polar surface area (TPSA) is 107 Å². The monoisotopic (exact) mass is 365 g/mol. The highest BCUT2D eigenvalue weighted by atomic mass is 35.5. The van der Waals surface area contributed by atoms with Gasteiger partial charge in [0.25, 0.3) is 0 Å². The van der Waals surface area contributed by atoms with Crippen LogP contribution in [-0.2, 0) is 16.0 Å². The molecule has 5 N–H and O–H groups in total. The van der Waals surface area contributed by atoms with Crippen LogP contribution in [0.1, 0.15) is 35.2 Å². The van der Waals surface area contributed by atoms with Crippen LogP contribution in [0.2, 0.25) is 0 Å². The Hall–Kier alpha value is -1.34. The SMILES string of the molecule is COC(=O)c1ccc(NC(=O)CCCN)cc1CCCN.Cl.Cl. The lowest BCUT2D eigenvalue weighted by atomic mass is 10.0. The van der Waals surface area contributed by atoms with E-state index in [1.54, 1.807) is 18.2 Å². The molecule has 0 saturated carbocycles. The summed E-state index contributed by atoms with van der Waals surface area (Å²) in [5, 5.41) is 2.80. The van der Waals surface area contributed by atoms with Crippen LogP contribution in [0.5, 0.6) is 0 Å². The summed E-state index contributed by atoms with van der Waals surface area (Å²) in [5.74, 6) is -0.473. The molecule has 132 valence electrons. The summed E-state index contributed by atoms with van der Waals surface area (Å²) in [7, 11) is 1.34. The van der Waals surface area contributed by atoms with Gasteiger partial charge in [0.05, 0.1) is 12.7 Å². The van der Waals surface area contributed by atoms with Crippen LogP contribution in [0.3, 0.4) is 0 Å². The first-order valence-electron chi connectivity index (χ1n) is 7.03. The summed E-state index contributed by atoms with van der Waals surface area (Å²) in [4.78, 5) is 23.4. The zero-order valence-electron chi connectivity index (χ0n) is 13.2. The molecule has 23 heavy (non-hydrogen) atoms. The van der Waals surface area contributed by atoms with Crippen molar-refractivity contribution in [2.45, 2.75) is 25.7 Å². The molecule has 0 aliphatic rings. The Morgan fingerprint density at radius 3 is 2.35 bits per heavy atom. The first-order valence-corrected chi connectivity index (χ1v) is 7.03. The molecular formula is C15H25Cl2N3O3. The number of ether oxygens (including phenoxy) is 1. The highest BCUT2D eigenvalue weighted by molar-refractivity contribution is 5.94. The molecule has 1 amide bonds. The molecule has 8 heteroatoms. The van der Waals surface area contributed by atoms with Gasteiger partial charge in [0, 0.05) is 12.1 Å². The normalized spacial score (nSPS) is 9.35. The van der Waals surface area contributed by atoms with Crippen LogP contribution in [0.15, 0.2) is 18.2 Å². The van der Waals surface area contributed by atoms with Gasteiger partial charge in [0.15, 0.2) is 0 Å². The van der Waals surface area contributed by atoms with Crippen molar-refractivity contribution in [3.8, 4) is 0 Å². The highest BCUT2D eigenvalue weighted by Crippen LogP contribution is 2.19. The van der Waals surface area contributed by atoms with E-state index in [1.807, 2.05) is 0 Å². The minimum absolute atomic E-state index is 0. The van der Waals surface area contributed by atoms with Crippen LogP contribution in [0.4, 0.5) is 5.69 Å². The fraction of sp³-hybridized carbons (Fsp3) is 0.467. The first-order chi connectivity index (χ1) is 10.1. The Balaban J connectivity index is 0. The summed E-state index contributed by atoms with van der Waals surface area (Å²) in [6.45, 7) is 1.02. The number of hydrogen-bond acceptors (Lipinski definition) is 5. The molecule has 0 heterocycles. The van der Waals surface area contributed by atoms with Crippen molar-refractivity contribution in [1.82, 2.24) is 0 Å². The van der Waals surface area contributed by atoms with Crippen molar-refractivity contribution in [2.24, 2.45) is 11.5 Å². The molecule has 1 aromatic carbocycles. The minimum Gasteiger partial charge on any atom is -0.465 e. The van der Waals surface area contributed by atoms with Crippen LogP contribution in [0.25, 0.3) is 0 Å². The number of halogens is 2. The molecule has 0 aliphatic heterocycles. The number of carbonyl (C=O) groups is 2. The first kappa shape index (κ1) is 23.9. The Morgan fingerprint density at radius 1 is 1.13 bits per heavy atom. The molecule has 6 nitrogen and oxygen atoms in total. The maximum Gasteiger partial charge on any atom is 0.338 e. The van der Waals surface area contributed by atoms with E-state index in [0.29, 0.717) is 43.6 Å². The van der Waals surface area contributed by atoms with Gasteiger partial charge >= 0.3 is 5.97 Å². The average molecular weight is 366 g/mol. The van der Waals surface area contributed by atoms with E-state index < -0.39 is 0 Å². The Labute approximate surface area is 149 Å². The summed E-state index contributed by atoms with van der Waals surface area (Å²) >= 11 is 0. The second-order valence-electron chi connectivity index (χ2n) is 4.70. The maximum atomic E-state index is 11.7. The number of aryl methyl sites for hydroxylation is 1. The van der Waals surface area contributed by atoms with E-state index in [9.17, 15) is 9.59 Å². The molecule has 0 aliphatic carbocycles. The van der Waals surface area contributed by atoms with Crippen molar-refractivity contribution >= 4 is 42.4 Å². The third-order valence-electron chi connectivity index (χ3n) is 3.05. The van der Waals surface area contributed by atoms with Gasteiger partial charge in [0.1, 0.15) is 0 Å². The average Bonchev–Trinajstić information content (AvgIpc) is 2.50. The standard InChI is InChI=1S/C15H23N3O3.2ClH/c1-21-15(20)13-7-6-12(10-11(13)4-2-8-16)18-14(19)5-3-9-17;;/h6-7,10H,2-5,8-9,16-17H2,1H3,(H,18,19);2*1H. The summed E-state index contributed by atoms with van der Waals surface area (Å²) in [6, 6.07) is 5.15. The Kier molecular flexibility index (Phi) is 13.7. The van der Waals surface area contributed by atoms with Gasteiger partial charge in [-0.3, -0.25) is 4.79 Å². The molecular weight excluding hydrogens is 341 g/mol. The van der Waals surface area contributed by atoms with Gasteiger partial charge in [-0.25, -0.2) is 4.79 Å². The zero-order chi connectivity index (χ0) is 15.7. The molecule has 0 radical (unpaired) electrons. The minimum atomic E-state index is -0.386. The number of benzene rings is 1. The predicted molar refractivity (Wildman–Crippen MR) is 96.6 cm³/mol. The number of amides is 1. The van der Waals surface area contributed by atoms with Crippen LogP contribution >= 0.6 is 24.8 Å². The van der Waals surface area contributed by atoms with Gasteiger partial charge in [0.2, 0.25) is 5.91 Å². The van der Waals surface area contributed by atoms with Crippen molar-refractivity contribution < 1.29 is 14.3 Å². The Morgan fingerprint density at radius 2 is 1.78 bits per heavy atom. The smallest absolute Gasteiger partial charge is 0.338 e. The van der Waals surface area contributed by atoms with Crippen LogP contribution < -0.4 is 16.8 Å². The summed E-state index contributed by atoms with van der Waals surface area (Å²) in [6.07, 6.45) is 2.45. The molecule has 0 saturated heterocycles. The zero-order valence-corrected chi connectivity index (χ0v) is 14.8. The van der Waals surface area contributed by atoms with E-state index in [2.05, 4.69) is 5.32 Å². The second-order valence-corrected chi connectivity index (χ2v) is 4.70. The van der Waals surface area contributed by atoms with Crippen molar-refractivity contribution in [2.75, 3.05) is 25.5 Å². The van der Waals surface area contributed by atoms with Gasteiger partial charge in [-0.1, -0.05) is 0 Å². The number of anilines is 1. The molecule has 0 atom stereocenters. The highest BCUT2D eigenvalue weighted by Gasteiger charge is 2.13. The van der Waals surface area contributed by atoms with E-state index >= 15 is 0 Å². The number of nitrogens with two attached hydrogens (primary N) is 2. The third-order valence-corrected chi connectivity index (χ3v) is 3.05. The molecule has 0 spiro atoms. The third kappa shape index (κ3) is 8.18. The van der Waals surface area contributed by atoms with Crippen molar-refractivity contribution in [3.05, 3.63) is 29.3 Å². The molecule has 1 rings (SSSR count). The molecule has 0 unspecified atom stereocenters. The number of nitrogens with one attached hydrogen (secondary N) is 1. The van der Waals surface area contributed by atoms with E-state index in [4.69, 9.17) is 16.2 Å². The molecule has 0 aromatic heterocycles. The number of hydrogen-bond donors (Lipinski definition) is 3. The molecule has 0 bridgehead atoms. The van der Waals surface area contributed by atoms with E-state index in [-0.39, 0.29) is 36.7 Å². The fourth-order valence-corrected chi connectivity index (χ4v) is 1.97. The van der Waals surface area contributed by atoms with Gasteiger partial charge in [-0.15, -0.1) is 24.8 Å². The number of esters is 1. The van der Waals surface area contributed by atoms with E-state index in [1.165, 1.54) is 7.11 Å². The largest absolute Gasteiger partial charge is 0.465 e. The van der Waals surface area contributed by atoms with Crippen molar-refractivity contribution in [3.63, 3.8) is 0 Å². The number of carbonyl (C=O) groups excluding carboxylic acids is 2. The summed E-state index contributed by atoms with van der Waals surface area (Å²) in [5.41, 5.74) is 12.9. The van der Waals surface area contributed by atoms with Gasteiger partial charge < -0.3 is 21.5 Å². The van der Waals surface area contributed by atoms with Crippen LogP contribution in [0, 0.1) is 0 Å². The maximum absolute atomic E-state index is 11.7. The number of methoxy groups -OCH3 is 1. The molecule has 0 fully saturated rings. The second kappa shape index (κ2) is 13.1. The van der Waals surface area contributed by atoms with Crippen molar-refractivity contribution in [1.29, 1.82) is 0 Å². The summed E-state index contributed by atoms with van der Waals surface area (Å²) < 4.78 is 4.76. The quantitative estimate of drug-likeness (QED) is 0.609. The van der Waals surface area contributed by atoms with E-state index in [0.717, 1.165) is 12.0 Å². The lowest BCUT2D eigenvalue weighted by molar-refractivity contribution is -0.116. The number of rotatable bonds is 8. The fourth-order valence-electron chi connectivity index (χ4n) is 1.97. The Bertz CT molecular complexity index is 499. The molecule has 1 aromatic rings.